The standard InChI is InChI=1S/C10H8O.Cl2HO3PS/c11-10-7-3-5-8-4-1-2-6-9(8)10;1-4-6(3,7)5-2/h1-7,11H;(H,3,7). The van der Waals surface area contributed by atoms with Crippen LogP contribution in [0.1, 0.15) is 0 Å². The van der Waals surface area contributed by atoms with Crippen LogP contribution in [0.2, 0.25) is 0 Å². The van der Waals surface area contributed by atoms with Crippen molar-refractivity contribution in [1.82, 2.24) is 0 Å². The molecule has 0 aliphatic rings. The molecule has 0 unspecified atom stereocenters. The van der Waals surface area contributed by atoms with Crippen LogP contribution in [-0.4, -0.2) is 10.00 Å². The SMILES string of the molecule is OP(=S)(OCl)OCl.Oc1cccc2ccccc12. The largest absolute Gasteiger partial charge is 0.507 e. The first-order valence-electron chi connectivity index (χ1n) is 4.60. The average molecular weight is 327 g/mol. The van der Waals surface area contributed by atoms with Gasteiger partial charge >= 0.3 is 6.72 Å². The Bertz CT molecular complexity index is 553. The lowest BCUT2D eigenvalue weighted by Gasteiger charge is -2.00. The van der Waals surface area contributed by atoms with Gasteiger partial charge in [0.05, 0.1) is 23.7 Å². The number of fused-ring (bicyclic) bond motifs is 1. The fourth-order valence-electron chi connectivity index (χ4n) is 1.22. The smallest absolute Gasteiger partial charge is 0.358 e. The van der Waals surface area contributed by atoms with Crippen molar-refractivity contribution in [2.45, 2.75) is 0 Å². The molecule has 0 heterocycles. The maximum absolute atomic E-state index is 9.37. The Morgan fingerprint density at radius 1 is 1.00 bits per heavy atom. The Balaban J connectivity index is 0.000000203. The van der Waals surface area contributed by atoms with Crippen molar-refractivity contribution < 1.29 is 18.2 Å². The second-order valence-corrected chi connectivity index (χ2v) is 6.53. The zero-order valence-corrected chi connectivity index (χ0v) is 12.1. The lowest BCUT2D eigenvalue weighted by Crippen LogP contribution is -1.73. The fraction of sp³-hybridized carbons (Fsp3) is 0. The second-order valence-electron chi connectivity index (χ2n) is 3.10. The molecule has 0 aliphatic carbocycles. The van der Waals surface area contributed by atoms with Crippen molar-refractivity contribution in [1.29, 1.82) is 0 Å². The molecule has 4 nitrogen and oxygen atoms in total. The summed E-state index contributed by atoms with van der Waals surface area (Å²) < 4.78 is 7.37. The Kier molecular flexibility index (Phi) is 6.32. The second kappa shape index (κ2) is 7.26. The highest BCUT2D eigenvalue weighted by Gasteiger charge is 2.11. The number of phenols is 1. The molecule has 0 atom stereocenters. The first-order chi connectivity index (χ1) is 8.50. The number of hydrogen-bond acceptors (Lipinski definition) is 4. The van der Waals surface area contributed by atoms with E-state index >= 15 is 0 Å². The molecular formula is C10H9Cl2O4PS. The lowest BCUT2D eigenvalue weighted by atomic mass is 10.1. The number of benzene rings is 2. The van der Waals surface area contributed by atoms with E-state index in [0.717, 1.165) is 10.8 Å². The van der Waals surface area contributed by atoms with Crippen LogP contribution in [-0.2, 0) is 20.0 Å². The zero-order chi connectivity index (χ0) is 13.6. The number of rotatable bonds is 2. The van der Waals surface area contributed by atoms with E-state index in [1.807, 2.05) is 36.4 Å². The summed E-state index contributed by atoms with van der Waals surface area (Å²) in [4.78, 5) is 8.35. The molecule has 0 aromatic heterocycles. The van der Waals surface area contributed by atoms with Crippen molar-refractivity contribution in [3.63, 3.8) is 0 Å². The van der Waals surface area contributed by atoms with Crippen molar-refractivity contribution in [3.05, 3.63) is 42.5 Å². The van der Waals surface area contributed by atoms with Crippen LogP contribution in [0.25, 0.3) is 10.8 Å². The quantitative estimate of drug-likeness (QED) is 0.814. The molecule has 2 rings (SSSR count). The molecule has 0 spiro atoms. The third-order valence-corrected chi connectivity index (χ3v) is 4.35. The maximum atomic E-state index is 9.37. The van der Waals surface area contributed by atoms with Crippen molar-refractivity contribution in [3.8, 4) is 5.75 Å². The molecule has 2 aromatic rings. The molecule has 18 heavy (non-hydrogen) atoms. The van der Waals surface area contributed by atoms with Crippen LogP contribution < -0.4 is 0 Å². The summed E-state index contributed by atoms with van der Waals surface area (Å²) >= 11 is 13.3. The first kappa shape index (κ1) is 15.7. The third kappa shape index (κ3) is 4.71. The third-order valence-electron chi connectivity index (χ3n) is 1.94. The molecule has 0 radical (unpaired) electrons. The van der Waals surface area contributed by atoms with E-state index in [4.69, 9.17) is 4.89 Å². The number of phenolic OH excluding ortho intramolecular Hbond substituents is 1. The Morgan fingerprint density at radius 3 is 2.06 bits per heavy atom. The van der Waals surface area contributed by atoms with Crippen LogP contribution in [0.4, 0.5) is 0 Å². The Hall–Kier alpha value is -0.390. The van der Waals surface area contributed by atoms with Gasteiger partial charge in [-0.25, -0.2) is 0 Å². The van der Waals surface area contributed by atoms with Crippen LogP contribution >= 0.6 is 30.5 Å². The Morgan fingerprint density at radius 2 is 1.56 bits per heavy atom. The van der Waals surface area contributed by atoms with E-state index in [0.29, 0.717) is 5.75 Å². The van der Waals surface area contributed by atoms with Crippen molar-refractivity contribution in [2.75, 3.05) is 0 Å². The summed E-state index contributed by atoms with van der Waals surface area (Å²) in [5.74, 6) is 0.350. The molecule has 2 N–H and O–H groups in total. The zero-order valence-electron chi connectivity index (χ0n) is 8.86. The van der Waals surface area contributed by atoms with Crippen molar-refractivity contribution >= 4 is 53.0 Å². The summed E-state index contributed by atoms with van der Waals surface area (Å²) in [5, 5.41) is 11.4. The molecule has 0 saturated carbocycles. The minimum Gasteiger partial charge on any atom is -0.507 e. The van der Waals surface area contributed by atoms with E-state index in [-0.39, 0.29) is 0 Å². The van der Waals surface area contributed by atoms with Crippen LogP contribution in [0, 0.1) is 0 Å². The summed E-state index contributed by atoms with van der Waals surface area (Å²) in [6, 6.07) is 13.3. The van der Waals surface area contributed by atoms with E-state index in [2.05, 4.69) is 43.7 Å². The normalized spacial score (nSPS) is 10.8. The first-order valence-corrected chi connectivity index (χ1v) is 7.81. The number of aromatic hydroxyl groups is 1. The van der Waals surface area contributed by atoms with Gasteiger partial charge in [0.2, 0.25) is 0 Å². The molecule has 98 valence electrons. The summed E-state index contributed by atoms with van der Waals surface area (Å²) in [5.41, 5.74) is 0. The van der Waals surface area contributed by atoms with Gasteiger partial charge in [-0.05, 0) is 23.3 Å². The summed E-state index contributed by atoms with van der Waals surface area (Å²) in [6.07, 6.45) is 0. The maximum Gasteiger partial charge on any atom is 0.358 e. The number of halogens is 2. The van der Waals surface area contributed by atoms with Gasteiger partial charge in [-0.15, -0.1) is 0 Å². The highest BCUT2D eigenvalue weighted by molar-refractivity contribution is 8.07. The highest BCUT2D eigenvalue weighted by atomic mass is 35.5. The van der Waals surface area contributed by atoms with E-state index in [1.54, 1.807) is 6.07 Å². The van der Waals surface area contributed by atoms with E-state index in [9.17, 15) is 5.11 Å². The van der Waals surface area contributed by atoms with Gasteiger partial charge in [0.15, 0.2) is 0 Å². The van der Waals surface area contributed by atoms with Gasteiger partial charge in [0, 0.05) is 5.39 Å². The van der Waals surface area contributed by atoms with Gasteiger partial charge in [-0.3, -0.25) is 0 Å². The predicted octanol–water partition coefficient (Wildman–Crippen LogP) is 4.09. The lowest BCUT2D eigenvalue weighted by molar-refractivity contribution is 0.408. The van der Waals surface area contributed by atoms with Gasteiger partial charge in [0.1, 0.15) is 5.75 Å². The highest BCUT2D eigenvalue weighted by Crippen LogP contribution is 2.46. The molecule has 0 fully saturated rings. The van der Waals surface area contributed by atoms with E-state index < -0.39 is 6.72 Å². The molecule has 0 bridgehead atoms. The van der Waals surface area contributed by atoms with E-state index in [1.165, 1.54) is 0 Å². The molecular weight excluding hydrogens is 318 g/mol. The summed E-state index contributed by atoms with van der Waals surface area (Å²) in [7, 11) is 0. The monoisotopic (exact) mass is 326 g/mol. The predicted molar refractivity (Wildman–Crippen MR) is 76.0 cm³/mol. The number of hydrogen-bond donors (Lipinski definition) is 2. The van der Waals surface area contributed by atoms with Crippen LogP contribution in [0.15, 0.2) is 42.5 Å². The fourth-order valence-corrected chi connectivity index (χ4v) is 1.50. The molecule has 0 saturated heterocycles. The molecule has 8 heteroatoms. The molecule has 2 aromatic carbocycles. The van der Waals surface area contributed by atoms with Gasteiger partial charge in [-0.2, -0.15) is 8.15 Å². The Labute approximate surface area is 119 Å². The molecule has 0 amide bonds. The molecule has 0 aliphatic heterocycles. The van der Waals surface area contributed by atoms with Crippen LogP contribution in [0.3, 0.4) is 0 Å². The van der Waals surface area contributed by atoms with Gasteiger partial charge in [0.25, 0.3) is 0 Å². The summed E-state index contributed by atoms with van der Waals surface area (Å²) in [6.45, 7) is -3.29. The average Bonchev–Trinajstić information content (AvgIpc) is 2.40. The van der Waals surface area contributed by atoms with Crippen LogP contribution in [0.5, 0.6) is 5.75 Å². The minimum atomic E-state index is -3.29. The van der Waals surface area contributed by atoms with Crippen molar-refractivity contribution in [2.24, 2.45) is 0 Å². The minimum absolute atomic E-state index is 0.350. The van der Waals surface area contributed by atoms with Gasteiger partial charge < -0.3 is 10.00 Å². The topological polar surface area (TPSA) is 58.9 Å². The van der Waals surface area contributed by atoms with Gasteiger partial charge in [-0.1, -0.05) is 36.4 Å².